The average molecular weight is 180 g/mol. The molecule has 0 aliphatic carbocycles. The molecule has 0 aliphatic rings. The van der Waals surface area contributed by atoms with Crippen LogP contribution >= 0.6 is 12.4 Å². The third kappa shape index (κ3) is 8.15. The number of halogens is 1. The van der Waals surface area contributed by atoms with E-state index in [1.807, 2.05) is 0 Å². The molecule has 1 nitrogen and oxygen atoms in total. The molecule has 0 bridgehead atoms. The third-order valence-electron chi connectivity index (χ3n) is 1.56. The predicted octanol–water partition coefficient (Wildman–Crippen LogP) is 2.83. The molecular weight excluding hydrogens is 158 g/mol. The van der Waals surface area contributed by atoms with Gasteiger partial charge in [0.2, 0.25) is 0 Å². The zero-order chi connectivity index (χ0) is 8.41. The lowest BCUT2D eigenvalue weighted by Gasteiger charge is -2.30. The van der Waals surface area contributed by atoms with E-state index in [1.165, 1.54) is 6.42 Å². The summed E-state index contributed by atoms with van der Waals surface area (Å²) < 4.78 is 0. The van der Waals surface area contributed by atoms with Crippen molar-refractivity contribution in [2.75, 3.05) is 6.54 Å². The maximum atomic E-state index is 5.61. The Labute approximate surface area is 77.2 Å². The minimum atomic E-state index is 0. The lowest BCUT2D eigenvalue weighted by Crippen LogP contribution is -2.28. The topological polar surface area (TPSA) is 26.0 Å². The molecule has 0 aliphatic heterocycles. The second-order valence-corrected chi connectivity index (χ2v) is 5.11. The molecule has 2 N–H and O–H groups in total. The van der Waals surface area contributed by atoms with E-state index in [0.29, 0.717) is 10.8 Å². The van der Waals surface area contributed by atoms with Crippen LogP contribution in [0.5, 0.6) is 0 Å². The van der Waals surface area contributed by atoms with Crippen LogP contribution in [0.15, 0.2) is 0 Å². The molecule has 0 fully saturated rings. The van der Waals surface area contributed by atoms with Gasteiger partial charge in [0.05, 0.1) is 0 Å². The quantitative estimate of drug-likeness (QED) is 0.694. The first-order valence-electron chi connectivity index (χ1n) is 3.97. The van der Waals surface area contributed by atoms with Crippen LogP contribution in [0.1, 0.15) is 41.0 Å². The van der Waals surface area contributed by atoms with Crippen LogP contribution in [0, 0.1) is 10.8 Å². The molecule has 2 heteroatoms. The number of hydrogen-bond acceptors (Lipinski definition) is 1. The average Bonchev–Trinajstić information content (AvgIpc) is 1.60. The molecule has 0 amide bonds. The SMILES string of the molecule is CC(C)(C)CC(C)(C)CN.Cl. The van der Waals surface area contributed by atoms with E-state index in [0.717, 1.165) is 6.54 Å². The summed E-state index contributed by atoms with van der Waals surface area (Å²) in [7, 11) is 0. The van der Waals surface area contributed by atoms with Gasteiger partial charge in [-0.05, 0) is 23.8 Å². The summed E-state index contributed by atoms with van der Waals surface area (Å²) in [6.45, 7) is 12.0. The molecule has 0 aromatic carbocycles. The third-order valence-corrected chi connectivity index (χ3v) is 1.56. The van der Waals surface area contributed by atoms with Gasteiger partial charge in [-0.2, -0.15) is 0 Å². The van der Waals surface area contributed by atoms with Crippen LogP contribution in [0.4, 0.5) is 0 Å². The van der Waals surface area contributed by atoms with Gasteiger partial charge in [0.25, 0.3) is 0 Å². The summed E-state index contributed by atoms with van der Waals surface area (Å²) in [5, 5.41) is 0. The fourth-order valence-corrected chi connectivity index (χ4v) is 1.51. The lowest BCUT2D eigenvalue weighted by atomic mass is 9.76. The smallest absolute Gasteiger partial charge is 0.00256 e. The van der Waals surface area contributed by atoms with E-state index in [1.54, 1.807) is 0 Å². The van der Waals surface area contributed by atoms with Crippen molar-refractivity contribution in [2.45, 2.75) is 41.0 Å². The Balaban J connectivity index is 0. The van der Waals surface area contributed by atoms with Gasteiger partial charge < -0.3 is 5.73 Å². The Morgan fingerprint density at radius 3 is 1.45 bits per heavy atom. The zero-order valence-corrected chi connectivity index (χ0v) is 9.22. The summed E-state index contributed by atoms with van der Waals surface area (Å²) >= 11 is 0. The molecule has 70 valence electrons. The zero-order valence-electron chi connectivity index (χ0n) is 8.40. The standard InChI is InChI=1S/C9H21N.ClH/c1-8(2,3)6-9(4,5)7-10;/h6-7,10H2,1-5H3;1H. The molecule has 0 aromatic rings. The van der Waals surface area contributed by atoms with Crippen molar-refractivity contribution in [1.82, 2.24) is 0 Å². The van der Waals surface area contributed by atoms with E-state index in [-0.39, 0.29) is 12.4 Å². The number of nitrogens with two attached hydrogens (primary N) is 1. The summed E-state index contributed by atoms with van der Waals surface area (Å²) in [5.41, 5.74) is 6.32. The van der Waals surface area contributed by atoms with Crippen molar-refractivity contribution in [3.05, 3.63) is 0 Å². The highest BCUT2D eigenvalue weighted by molar-refractivity contribution is 5.85. The van der Waals surface area contributed by atoms with E-state index in [9.17, 15) is 0 Å². The Bertz CT molecular complexity index is 103. The van der Waals surface area contributed by atoms with Crippen molar-refractivity contribution in [2.24, 2.45) is 16.6 Å². The Hall–Kier alpha value is 0.250. The second kappa shape index (κ2) is 4.32. The van der Waals surface area contributed by atoms with Crippen molar-refractivity contribution in [3.8, 4) is 0 Å². The Kier molecular flexibility index (Phi) is 5.42. The van der Waals surface area contributed by atoms with Crippen LogP contribution < -0.4 is 5.73 Å². The molecule has 11 heavy (non-hydrogen) atoms. The first-order chi connectivity index (χ1) is 4.27. The van der Waals surface area contributed by atoms with Crippen molar-refractivity contribution >= 4 is 12.4 Å². The van der Waals surface area contributed by atoms with Crippen molar-refractivity contribution in [1.29, 1.82) is 0 Å². The van der Waals surface area contributed by atoms with Gasteiger partial charge in [-0.3, -0.25) is 0 Å². The molecular formula is C9H22ClN. The number of rotatable bonds is 2. The van der Waals surface area contributed by atoms with Crippen LogP contribution in [-0.2, 0) is 0 Å². The number of hydrogen-bond donors (Lipinski definition) is 1. The van der Waals surface area contributed by atoms with Crippen LogP contribution in [0.2, 0.25) is 0 Å². The lowest BCUT2D eigenvalue weighted by molar-refractivity contribution is 0.220. The monoisotopic (exact) mass is 179 g/mol. The fourth-order valence-electron chi connectivity index (χ4n) is 1.51. The Morgan fingerprint density at radius 2 is 1.36 bits per heavy atom. The summed E-state index contributed by atoms with van der Waals surface area (Å²) in [4.78, 5) is 0. The van der Waals surface area contributed by atoms with Crippen molar-refractivity contribution < 1.29 is 0 Å². The van der Waals surface area contributed by atoms with E-state index < -0.39 is 0 Å². The van der Waals surface area contributed by atoms with Crippen molar-refractivity contribution in [3.63, 3.8) is 0 Å². The van der Waals surface area contributed by atoms with Gasteiger partial charge in [0.1, 0.15) is 0 Å². The highest BCUT2D eigenvalue weighted by Crippen LogP contribution is 2.31. The second-order valence-electron chi connectivity index (χ2n) is 5.11. The van der Waals surface area contributed by atoms with E-state index in [2.05, 4.69) is 34.6 Å². The van der Waals surface area contributed by atoms with E-state index >= 15 is 0 Å². The fraction of sp³-hybridized carbons (Fsp3) is 1.00. The molecule has 0 unspecified atom stereocenters. The summed E-state index contributed by atoms with van der Waals surface area (Å²) in [6, 6.07) is 0. The molecule has 0 radical (unpaired) electrons. The van der Waals surface area contributed by atoms with Gasteiger partial charge in [-0.15, -0.1) is 12.4 Å². The summed E-state index contributed by atoms with van der Waals surface area (Å²) in [6.07, 6.45) is 1.19. The highest BCUT2D eigenvalue weighted by Gasteiger charge is 2.23. The minimum Gasteiger partial charge on any atom is -0.330 e. The maximum Gasteiger partial charge on any atom is -0.00256 e. The molecule has 0 atom stereocenters. The first kappa shape index (κ1) is 13.8. The van der Waals surface area contributed by atoms with Crippen LogP contribution in [-0.4, -0.2) is 6.54 Å². The molecule has 0 heterocycles. The van der Waals surface area contributed by atoms with Gasteiger partial charge >= 0.3 is 0 Å². The molecule has 0 spiro atoms. The minimum absolute atomic E-state index is 0. The highest BCUT2D eigenvalue weighted by atomic mass is 35.5. The molecule has 0 rings (SSSR count). The van der Waals surface area contributed by atoms with Gasteiger partial charge in [0, 0.05) is 0 Å². The summed E-state index contributed by atoms with van der Waals surface area (Å²) in [5.74, 6) is 0. The van der Waals surface area contributed by atoms with Gasteiger partial charge in [-0.1, -0.05) is 34.6 Å². The first-order valence-corrected chi connectivity index (χ1v) is 3.97. The largest absolute Gasteiger partial charge is 0.330 e. The predicted molar refractivity (Wildman–Crippen MR) is 54.2 cm³/mol. The molecule has 0 aromatic heterocycles. The van der Waals surface area contributed by atoms with Gasteiger partial charge in [0.15, 0.2) is 0 Å². The van der Waals surface area contributed by atoms with Crippen LogP contribution in [0.25, 0.3) is 0 Å². The molecule has 0 saturated heterocycles. The normalized spacial score (nSPS) is 12.5. The maximum absolute atomic E-state index is 5.61. The van der Waals surface area contributed by atoms with Crippen LogP contribution in [0.3, 0.4) is 0 Å². The van der Waals surface area contributed by atoms with Gasteiger partial charge in [-0.25, -0.2) is 0 Å². The molecule has 0 saturated carbocycles. The Morgan fingerprint density at radius 1 is 1.00 bits per heavy atom. The van der Waals surface area contributed by atoms with E-state index in [4.69, 9.17) is 5.73 Å².